The largest absolute Gasteiger partial charge is 0.393 e. The molecule has 0 rings (SSSR count). The summed E-state index contributed by atoms with van der Waals surface area (Å²) in [6.07, 6.45) is 13.7. The van der Waals surface area contributed by atoms with Crippen LogP contribution in [0.15, 0.2) is 0 Å². The van der Waals surface area contributed by atoms with Crippen molar-refractivity contribution in [2.75, 3.05) is 13.2 Å². The molecule has 0 aromatic rings. The van der Waals surface area contributed by atoms with Crippen LogP contribution in [0.4, 0.5) is 0 Å². The first-order valence-electron chi connectivity index (χ1n) is 9.62. The van der Waals surface area contributed by atoms with E-state index in [9.17, 15) is 5.11 Å². The van der Waals surface area contributed by atoms with Gasteiger partial charge in [-0.15, -0.1) is 0 Å². The van der Waals surface area contributed by atoms with Crippen LogP contribution >= 0.6 is 0 Å². The average molecular weight is 317 g/mol. The fourth-order valence-corrected chi connectivity index (χ4v) is 2.45. The van der Waals surface area contributed by atoms with E-state index in [0.29, 0.717) is 0 Å². The lowest BCUT2D eigenvalue weighted by Crippen LogP contribution is -2.19. The lowest BCUT2D eigenvalue weighted by atomic mass is 10.1. The molecule has 0 fully saturated rings. The highest BCUT2D eigenvalue weighted by molar-refractivity contribution is 4.53. The quantitative estimate of drug-likeness (QED) is 0.286. The molecule has 1 atom stereocenters. The van der Waals surface area contributed by atoms with Gasteiger partial charge in [0, 0.05) is 13.2 Å². The monoisotopic (exact) mass is 316 g/mol. The molecule has 0 aliphatic carbocycles. The topological polar surface area (TPSA) is 38.7 Å². The third-order valence-corrected chi connectivity index (χ3v) is 3.91. The molecule has 1 unspecified atom stereocenters. The van der Waals surface area contributed by atoms with E-state index in [0.717, 1.165) is 51.7 Å². The fourth-order valence-electron chi connectivity index (χ4n) is 2.45. The molecule has 0 aliphatic heterocycles. The first kappa shape index (κ1) is 21.9. The predicted molar refractivity (Wildman–Crippen MR) is 94.1 cm³/mol. The van der Waals surface area contributed by atoms with Crippen molar-refractivity contribution in [1.29, 1.82) is 0 Å². The van der Waals surface area contributed by atoms with Gasteiger partial charge in [-0.05, 0) is 39.0 Å². The van der Waals surface area contributed by atoms with Gasteiger partial charge in [-0.2, -0.15) is 0 Å². The van der Waals surface area contributed by atoms with Gasteiger partial charge in [-0.25, -0.2) is 0 Å². The molecule has 0 aromatic carbocycles. The van der Waals surface area contributed by atoms with Crippen molar-refractivity contribution in [3.8, 4) is 0 Å². The SMILES string of the molecule is CCCCCOC(CCCCCCC(C)O)OCCCCC. The van der Waals surface area contributed by atoms with Crippen molar-refractivity contribution in [3.63, 3.8) is 0 Å². The van der Waals surface area contributed by atoms with Gasteiger partial charge in [0.1, 0.15) is 0 Å². The summed E-state index contributed by atoms with van der Waals surface area (Å²) in [5, 5.41) is 9.24. The molecule has 0 heterocycles. The van der Waals surface area contributed by atoms with E-state index in [1.54, 1.807) is 0 Å². The van der Waals surface area contributed by atoms with Gasteiger partial charge in [-0.3, -0.25) is 0 Å². The van der Waals surface area contributed by atoms with Crippen molar-refractivity contribution in [3.05, 3.63) is 0 Å². The molecule has 0 saturated carbocycles. The molecule has 3 nitrogen and oxygen atoms in total. The van der Waals surface area contributed by atoms with E-state index in [1.165, 1.54) is 38.5 Å². The lowest BCUT2D eigenvalue weighted by Gasteiger charge is -2.18. The maximum Gasteiger partial charge on any atom is 0.157 e. The van der Waals surface area contributed by atoms with Crippen LogP contribution in [0.25, 0.3) is 0 Å². The molecule has 0 spiro atoms. The summed E-state index contributed by atoms with van der Waals surface area (Å²) in [6.45, 7) is 7.95. The zero-order valence-corrected chi connectivity index (χ0v) is 15.3. The molecule has 0 amide bonds. The Kier molecular flexibility index (Phi) is 17.1. The Morgan fingerprint density at radius 1 is 0.682 bits per heavy atom. The Morgan fingerprint density at radius 2 is 1.18 bits per heavy atom. The molecule has 0 aromatic heterocycles. The average Bonchev–Trinajstić information content (AvgIpc) is 2.50. The second-order valence-corrected chi connectivity index (χ2v) is 6.43. The zero-order valence-electron chi connectivity index (χ0n) is 15.3. The van der Waals surface area contributed by atoms with E-state index in [1.807, 2.05) is 6.92 Å². The summed E-state index contributed by atoms with van der Waals surface area (Å²) >= 11 is 0. The summed E-state index contributed by atoms with van der Waals surface area (Å²) in [7, 11) is 0. The first-order valence-corrected chi connectivity index (χ1v) is 9.62. The third-order valence-electron chi connectivity index (χ3n) is 3.91. The number of unbranched alkanes of at least 4 members (excludes halogenated alkanes) is 7. The second-order valence-electron chi connectivity index (χ2n) is 6.43. The molecule has 134 valence electrons. The summed E-state index contributed by atoms with van der Waals surface area (Å²) < 4.78 is 11.8. The van der Waals surface area contributed by atoms with Gasteiger partial charge in [-0.1, -0.05) is 58.8 Å². The Morgan fingerprint density at radius 3 is 1.64 bits per heavy atom. The standard InChI is InChI=1S/C19H40O3/c1-4-6-12-16-21-19(22-17-13-7-5-2)15-11-9-8-10-14-18(3)20/h18-20H,4-17H2,1-3H3. The molecule has 0 aliphatic rings. The predicted octanol–water partition coefficient (Wildman–Crippen LogP) is 5.45. The molecule has 0 bridgehead atoms. The number of aliphatic hydroxyl groups is 1. The van der Waals surface area contributed by atoms with Crippen LogP contribution in [0.5, 0.6) is 0 Å². The van der Waals surface area contributed by atoms with Gasteiger partial charge in [0.15, 0.2) is 6.29 Å². The minimum Gasteiger partial charge on any atom is -0.393 e. The van der Waals surface area contributed by atoms with E-state index in [2.05, 4.69) is 13.8 Å². The smallest absolute Gasteiger partial charge is 0.157 e. The molecule has 0 radical (unpaired) electrons. The normalized spacial score (nSPS) is 13.0. The van der Waals surface area contributed by atoms with Gasteiger partial charge >= 0.3 is 0 Å². The molecule has 0 saturated heterocycles. The van der Waals surface area contributed by atoms with Crippen molar-refractivity contribution in [1.82, 2.24) is 0 Å². The van der Waals surface area contributed by atoms with Crippen LogP contribution in [-0.2, 0) is 9.47 Å². The fraction of sp³-hybridized carbons (Fsp3) is 1.00. The third kappa shape index (κ3) is 16.3. The van der Waals surface area contributed by atoms with Gasteiger partial charge in [0.25, 0.3) is 0 Å². The second kappa shape index (κ2) is 17.2. The van der Waals surface area contributed by atoms with Crippen molar-refractivity contribution in [2.45, 2.75) is 110 Å². The van der Waals surface area contributed by atoms with E-state index in [-0.39, 0.29) is 12.4 Å². The van der Waals surface area contributed by atoms with Crippen LogP contribution in [0, 0.1) is 0 Å². The lowest BCUT2D eigenvalue weighted by molar-refractivity contribution is -0.148. The van der Waals surface area contributed by atoms with Crippen LogP contribution in [-0.4, -0.2) is 30.7 Å². The molecule has 3 heteroatoms. The maximum atomic E-state index is 9.24. The van der Waals surface area contributed by atoms with Crippen LogP contribution in [0.1, 0.15) is 97.8 Å². The number of aliphatic hydroxyl groups excluding tert-OH is 1. The Hall–Kier alpha value is -0.120. The number of hydrogen-bond acceptors (Lipinski definition) is 3. The first-order chi connectivity index (χ1) is 10.7. The summed E-state index contributed by atoms with van der Waals surface area (Å²) in [5.74, 6) is 0. The maximum absolute atomic E-state index is 9.24. The van der Waals surface area contributed by atoms with Gasteiger partial charge in [0.05, 0.1) is 6.10 Å². The molecular formula is C19H40O3. The highest BCUT2D eigenvalue weighted by atomic mass is 16.7. The number of hydrogen-bond donors (Lipinski definition) is 1. The van der Waals surface area contributed by atoms with Crippen molar-refractivity contribution in [2.24, 2.45) is 0 Å². The highest BCUT2D eigenvalue weighted by Crippen LogP contribution is 2.13. The summed E-state index contributed by atoms with van der Waals surface area (Å²) in [5.41, 5.74) is 0. The van der Waals surface area contributed by atoms with E-state index in [4.69, 9.17) is 9.47 Å². The van der Waals surface area contributed by atoms with Gasteiger partial charge < -0.3 is 14.6 Å². The molecular weight excluding hydrogens is 276 g/mol. The Balaban J connectivity index is 3.70. The van der Waals surface area contributed by atoms with Gasteiger partial charge in [0.2, 0.25) is 0 Å². The highest BCUT2D eigenvalue weighted by Gasteiger charge is 2.09. The number of rotatable bonds is 17. The summed E-state index contributed by atoms with van der Waals surface area (Å²) in [4.78, 5) is 0. The van der Waals surface area contributed by atoms with Crippen molar-refractivity contribution < 1.29 is 14.6 Å². The minimum atomic E-state index is -0.156. The van der Waals surface area contributed by atoms with Crippen LogP contribution in [0.3, 0.4) is 0 Å². The molecule has 1 N–H and O–H groups in total. The summed E-state index contributed by atoms with van der Waals surface area (Å²) in [6, 6.07) is 0. The van der Waals surface area contributed by atoms with E-state index < -0.39 is 0 Å². The Bertz CT molecular complexity index is 195. The Labute approximate surface area is 138 Å². The van der Waals surface area contributed by atoms with Crippen LogP contribution in [0.2, 0.25) is 0 Å². The minimum absolute atomic E-state index is 0.00882. The van der Waals surface area contributed by atoms with Crippen molar-refractivity contribution >= 4 is 0 Å². The molecule has 22 heavy (non-hydrogen) atoms. The van der Waals surface area contributed by atoms with Crippen LogP contribution < -0.4 is 0 Å². The zero-order chi connectivity index (χ0) is 16.5. The number of ether oxygens (including phenoxy) is 2. The van der Waals surface area contributed by atoms with E-state index >= 15 is 0 Å².